The molecule has 0 spiro atoms. The molecule has 0 saturated heterocycles. The van der Waals surface area contributed by atoms with Gasteiger partial charge in [-0.1, -0.05) is 73.1 Å². The van der Waals surface area contributed by atoms with Crippen LogP contribution in [0.4, 0.5) is 0 Å². The Morgan fingerprint density at radius 2 is 1.77 bits per heavy atom. The number of hydrogen-bond donors (Lipinski definition) is 0. The molecule has 1 aromatic carbocycles. The van der Waals surface area contributed by atoms with Crippen molar-refractivity contribution in [2.45, 2.75) is 59.0 Å². The fraction of sp³-hybridized carbons (Fsp3) is 0.500. The Morgan fingerprint density at radius 3 is 2.36 bits per heavy atom. The maximum atomic E-state index is 3.71. The fourth-order valence-electron chi connectivity index (χ4n) is 3.06. The molecule has 2 heteroatoms. The fourth-order valence-corrected chi connectivity index (χ4v) is 6.09. The average molecular weight is 327 g/mol. The van der Waals surface area contributed by atoms with Crippen LogP contribution in [-0.2, 0) is 0 Å². The van der Waals surface area contributed by atoms with Crippen LogP contribution >= 0.6 is 0 Å². The molecule has 1 aliphatic rings. The minimum Gasteiger partial charge on any atom is -0.126 e. The van der Waals surface area contributed by atoms with E-state index in [-0.39, 0.29) is 9.52 Å². The van der Waals surface area contributed by atoms with Crippen molar-refractivity contribution < 1.29 is 0 Å². The third-order valence-corrected chi connectivity index (χ3v) is 9.24. The van der Waals surface area contributed by atoms with E-state index in [2.05, 4.69) is 68.7 Å². The van der Waals surface area contributed by atoms with E-state index in [4.69, 9.17) is 0 Å². The van der Waals surface area contributed by atoms with Gasteiger partial charge in [0.2, 0.25) is 0 Å². The highest BCUT2D eigenvalue weighted by Crippen LogP contribution is 2.22. The zero-order chi connectivity index (χ0) is 16.0. The minimum absolute atomic E-state index is 0.234. The molecule has 0 unspecified atom stereocenters. The molecule has 0 atom stereocenters. The zero-order valence-corrected chi connectivity index (χ0v) is 17.1. The average Bonchev–Trinajstić information content (AvgIpc) is 2.54. The van der Waals surface area contributed by atoms with Crippen LogP contribution in [0.15, 0.2) is 35.5 Å². The minimum atomic E-state index is -1.59. The molecule has 0 nitrogen and oxygen atoms in total. The Labute approximate surface area is 140 Å². The third-order valence-electron chi connectivity index (χ3n) is 4.85. The molecule has 1 aromatic rings. The molecule has 1 fully saturated rings. The first-order valence-electron chi connectivity index (χ1n) is 8.75. The molecule has 2 rings (SSSR count). The van der Waals surface area contributed by atoms with Crippen LogP contribution in [0.1, 0.15) is 46.0 Å². The molecule has 0 aliphatic heterocycles. The molecule has 118 valence electrons. The Kier molecular flexibility index (Phi) is 6.29. The first-order valence-corrected chi connectivity index (χ1v) is 13.2. The second-order valence-corrected chi connectivity index (χ2v) is 13.6. The van der Waals surface area contributed by atoms with Crippen molar-refractivity contribution in [3.8, 4) is 11.5 Å². The summed E-state index contributed by atoms with van der Waals surface area (Å²) in [5.74, 6) is 4.30. The van der Waals surface area contributed by atoms with Crippen molar-refractivity contribution in [1.82, 2.24) is 0 Å². The Bertz CT molecular complexity index is 564. The van der Waals surface area contributed by atoms with Gasteiger partial charge in [0.15, 0.2) is 8.07 Å². The van der Waals surface area contributed by atoms with Crippen LogP contribution in [0.5, 0.6) is 0 Å². The molecular formula is C20H30Si2. The quantitative estimate of drug-likeness (QED) is 0.589. The van der Waals surface area contributed by atoms with Crippen LogP contribution in [0.25, 0.3) is 0 Å². The number of allylic oxidation sites excluding steroid dienone is 2. The van der Waals surface area contributed by atoms with Gasteiger partial charge in [0.05, 0.1) is 9.52 Å². The summed E-state index contributed by atoms with van der Waals surface area (Å²) in [5, 5.41) is 4.61. The van der Waals surface area contributed by atoms with Crippen LogP contribution in [0.2, 0.25) is 13.1 Å². The Balaban J connectivity index is 2.07. The van der Waals surface area contributed by atoms with Crippen LogP contribution < -0.4 is 10.4 Å². The highest BCUT2D eigenvalue weighted by molar-refractivity contribution is 6.96. The SMILES string of the molecule is CC=C(C)[SiH2]c1ccc([Si](C)(C)C#CC2CCCCC2)cc1. The van der Waals surface area contributed by atoms with Crippen molar-refractivity contribution in [3.05, 3.63) is 35.5 Å². The van der Waals surface area contributed by atoms with E-state index >= 15 is 0 Å². The van der Waals surface area contributed by atoms with Crippen molar-refractivity contribution in [1.29, 1.82) is 0 Å². The van der Waals surface area contributed by atoms with Gasteiger partial charge in [0.1, 0.15) is 0 Å². The molecular weight excluding hydrogens is 296 g/mol. The summed E-state index contributed by atoms with van der Waals surface area (Å²) in [6.07, 6.45) is 9.08. The highest BCUT2D eigenvalue weighted by Gasteiger charge is 2.21. The van der Waals surface area contributed by atoms with E-state index in [1.54, 1.807) is 10.4 Å². The van der Waals surface area contributed by atoms with Gasteiger partial charge in [-0.25, -0.2) is 0 Å². The summed E-state index contributed by atoms with van der Waals surface area (Å²) < 4.78 is 0. The molecule has 0 radical (unpaired) electrons. The van der Waals surface area contributed by atoms with Gasteiger partial charge < -0.3 is 0 Å². The molecule has 1 saturated carbocycles. The van der Waals surface area contributed by atoms with Gasteiger partial charge in [0, 0.05) is 5.92 Å². The van der Waals surface area contributed by atoms with Crippen LogP contribution in [-0.4, -0.2) is 17.6 Å². The van der Waals surface area contributed by atoms with E-state index < -0.39 is 8.07 Å². The zero-order valence-electron chi connectivity index (χ0n) is 14.7. The maximum absolute atomic E-state index is 3.71. The second kappa shape index (κ2) is 7.99. The summed E-state index contributed by atoms with van der Waals surface area (Å²) in [4.78, 5) is 0. The van der Waals surface area contributed by atoms with Crippen molar-refractivity contribution in [2.75, 3.05) is 0 Å². The number of hydrogen-bond acceptors (Lipinski definition) is 0. The van der Waals surface area contributed by atoms with Gasteiger partial charge >= 0.3 is 0 Å². The lowest BCUT2D eigenvalue weighted by molar-refractivity contribution is 0.430. The van der Waals surface area contributed by atoms with E-state index in [9.17, 15) is 0 Å². The van der Waals surface area contributed by atoms with Crippen LogP contribution in [0, 0.1) is 17.4 Å². The number of benzene rings is 1. The summed E-state index contributed by atoms with van der Waals surface area (Å²) in [6, 6.07) is 9.41. The highest BCUT2D eigenvalue weighted by atomic mass is 28.3. The Morgan fingerprint density at radius 1 is 1.14 bits per heavy atom. The monoisotopic (exact) mass is 326 g/mol. The van der Waals surface area contributed by atoms with Gasteiger partial charge in [-0.05, 0) is 31.9 Å². The largest absolute Gasteiger partial charge is 0.162 e. The molecule has 0 heterocycles. The van der Waals surface area contributed by atoms with Crippen molar-refractivity contribution in [3.63, 3.8) is 0 Å². The summed E-state index contributed by atoms with van der Waals surface area (Å²) in [7, 11) is -1.83. The summed E-state index contributed by atoms with van der Waals surface area (Å²) >= 11 is 0. The van der Waals surface area contributed by atoms with E-state index in [1.807, 2.05) is 0 Å². The van der Waals surface area contributed by atoms with Gasteiger partial charge in [-0.2, -0.15) is 0 Å². The molecule has 0 amide bonds. The van der Waals surface area contributed by atoms with Crippen molar-refractivity contribution in [2.24, 2.45) is 5.92 Å². The topological polar surface area (TPSA) is 0 Å². The van der Waals surface area contributed by atoms with Gasteiger partial charge in [-0.3, -0.25) is 0 Å². The predicted molar refractivity (Wildman–Crippen MR) is 106 cm³/mol. The molecule has 0 N–H and O–H groups in total. The predicted octanol–water partition coefficient (Wildman–Crippen LogP) is 3.44. The van der Waals surface area contributed by atoms with E-state index in [0.717, 1.165) is 0 Å². The van der Waals surface area contributed by atoms with Crippen LogP contribution in [0.3, 0.4) is 0 Å². The standard InChI is InChI=1S/C20H30Si2/c1-5-17(2)21-19-11-13-20(14-12-19)22(3,4)16-15-18-9-7-6-8-10-18/h5,11-14,18H,6-10,21H2,1-4H3. The lowest BCUT2D eigenvalue weighted by atomic mass is 9.90. The normalized spacial score (nSPS) is 17.5. The smallest absolute Gasteiger partial charge is 0.126 e. The molecule has 1 aliphatic carbocycles. The molecule has 22 heavy (non-hydrogen) atoms. The first-order chi connectivity index (χ1) is 10.5. The van der Waals surface area contributed by atoms with E-state index in [0.29, 0.717) is 5.92 Å². The lowest BCUT2D eigenvalue weighted by Crippen LogP contribution is -2.41. The third kappa shape index (κ3) is 5.00. The Hall–Kier alpha value is -1.05. The molecule has 0 aromatic heterocycles. The first kappa shape index (κ1) is 17.3. The molecule has 0 bridgehead atoms. The summed E-state index contributed by atoms with van der Waals surface area (Å²) in [6.45, 7) is 9.20. The maximum Gasteiger partial charge on any atom is 0.162 e. The summed E-state index contributed by atoms with van der Waals surface area (Å²) in [5.41, 5.74) is 3.71. The van der Waals surface area contributed by atoms with Gasteiger partial charge in [0.25, 0.3) is 0 Å². The lowest BCUT2D eigenvalue weighted by Gasteiger charge is -2.19. The number of rotatable bonds is 3. The second-order valence-electron chi connectivity index (χ2n) is 7.24. The van der Waals surface area contributed by atoms with Gasteiger partial charge in [-0.15, -0.1) is 11.5 Å². The van der Waals surface area contributed by atoms with Crippen molar-refractivity contribution >= 4 is 28.0 Å². The van der Waals surface area contributed by atoms with E-state index in [1.165, 1.54) is 37.3 Å².